The van der Waals surface area contributed by atoms with Gasteiger partial charge in [0.25, 0.3) is 0 Å². The molecule has 19 heavy (non-hydrogen) atoms. The number of rotatable bonds is 4. The Kier molecular flexibility index (Phi) is 3.83. The summed E-state index contributed by atoms with van der Waals surface area (Å²) in [5.74, 6) is -0.337. The molecule has 0 bridgehead atoms. The molecule has 0 atom stereocenters. The van der Waals surface area contributed by atoms with Crippen LogP contribution in [-0.2, 0) is 16.6 Å². The standard InChI is InChI=1S/C9H9BrFN5O2S/c10-5-1-6(11)7(12)2-8(5)19(17,18)15-3-9-13-4-14-16-9/h1-2,4,15H,3,12H2,(H,13,14,16). The van der Waals surface area contributed by atoms with Crippen LogP contribution in [-0.4, -0.2) is 23.6 Å². The van der Waals surface area contributed by atoms with Gasteiger partial charge in [-0.1, -0.05) is 0 Å². The van der Waals surface area contributed by atoms with E-state index in [1.165, 1.54) is 6.33 Å². The summed E-state index contributed by atoms with van der Waals surface area (Å²) in [7, 11) is -3.84. The maximum Gasteiger partial charge on any atom is 0.242 e. The summed E-state index contributed by atoms with van der Waals surface area (Å²) in [6, 6.07) is 2.04. The fourth-order valence-corrected chi connectivity index (χ4v) is 3.34. The van der Waals surface area contributed by atoms with Gasteiger partial charge in [-0.05, 0) is 28.1 Å². The first-order valence-corrected chi connectivity index (χ1v) is 7.26. The first-order chi connectivity index (χ1) is 8.90. The van der Waals surface area contributed by atoms with Crippen molar-refractivity contribution in [1.29, 1.82) is 0 Å². The van der Waals surface area contributed by atoms with E-state index in [-0.39, 0.29) is 21.6 Å². The fourth-order valence-electron chi connectivity index (χ4n) is 1.31. The van der Waals surface area contributed by atoms with E-state index in [0.29, 0.717) is 5.82 Å². The Morgan fingerprint density at radius 2 is 2.21 bits per heavy atom. The van der Waals surface area contributed by atoms with Gasteiger partial charge in [-0.2, -0.15) is 5.10 Å². The van der Waals surface area contributed by atoms with Crippen molar-refractivity contribution >= 4 is 31.6 Å². The average Bonchev–Trinajstić information content (AvgIpc) is 2.84. The Balaban J connectivity index is 2.27. The molecule has 0 radical (unpaired) electrons. The number of nitrogen functional groups attached to an aromatic ring is 1. The van der Waals surface area contributed by atoms with Crippen molar-refractivity contribution in [2.45, 2.75) is 11.4 Å². The summed E-state index contributed by atoms with van der Waals surface area (Å²) in [6.45, 7) is -0.0634. The topological polar surface area (TPSA) is 114 Å². The first-order valence-electron chi connectivity index (χ1n) is 4.98. The van der Waals surface area contributed by atoms with Crippen LogP contribution in [0.3, 0.4) is 0 Å². The maximum absolute atomic E-state index is 13.2. The Bertz CT molecular complexity index is 689. The Morgan fingerprint density at radius 3 is 2.84 bits per heavy atom. The number of hydrogen-bond acceptors (Lipinski definition) is 5. The molecular formula is C9H9BrFN5O2S. The smallest absolute Gasteiger partial charge is 0.242 e. The molecular weight excluding hydrogens is 341 g/mol. The lowest BCUT2D eigenvalue weighted by Crippen LogP contribution is -2.24. The Labute approximate surface area is 116 Å². The number of nitrogens with two attached hydrogens (primary N) is 1. The largest absolute Gasteiger partial charge is 0.396 e. The Hall–Kier alpha value is -1.52. The summed E-state index contributed by atoms with van der Waals surface area (Å²) in [5.41, 5.74) is 5.11. The molecule has 0 unspecified atom stereocenters. The molecule has 4 N–H and O–H groups in total. The lowest BCUT2D eigenvalue weighted by Gasteiger charge is -2.08. The van der Waals surface area contributed by atoms with Gasteiger partial charge in [-0.25, -0.2) is 22.5 Å². The van der Waals surface area contributed by atoms with Crippen LogP contribution in [0.5, 0.6) is 0 Å². The van der Waals surface area contributed by atoms with Gasteiger partial charge in [0, 0.05) is 4.47 Å². The lowest BCUT2D eigenvalue weighted by molar-refractivity contribution is 0.578. The Morgan fingerprint density at radius 1 is 1.47 bits per heavy atom. The highest BCUT2D eigenvalue weighted by molar-refractivity contribution is 9.10. The van der Waals surface area contributed by atoms with E-state index in [2.05, 4.69) is 35.8 Å². The fraction of sp³-hybridized carbons (Fsp3) is 0.111. The van der Waals surface area contributed by atoms with Crippen molar-refractivity contribution in [2.24, 2.45) is 0 Å². The second-order valence-electron chi connectivity index (χ2n) is 3.56. The number of nitrogens with zero attached hydrogens (tertiary/aromatic N) is 2. The molecule has 0 spiro atoms. The summed E-state index contributed by atoms with van der Waals surface area (Å²) in [5, 5.41) is 6.10. The molecule has 10 heteroatoms. The molecule has 0 aliphatic heterocycles. The van der Waals surface area contributed by atoms with E-state index in [1.54, 1.807) is 0 Å². The second-order valence-corrected chi connectivity index (χ2v) is 6.15. The van der Waals surface area contributed by atoms with Crippen molar-refractivity contribution in [3.8, 4) is 0 Å². The van der Waals surface area contributed by atoms with E-state index in [4.69, 9.17) is 5.73 Å². The minimum atomic E-state index is -3.84. The molecule has 1 heterocycles. The SMILES string of the molecule is Nc1cc(S(=O)(=O)NCc2ncn[nH]2)c(Br)cc1F. The number of anilines is 1. The van der Waals surface area contributed by atoms with Crippen LogP contribution in [0.25, 0.3) is 0 Å². The number of halogens is 2. The number of hydrogen-bond donors (Lipinski definition) is 3. The van der Waals surface area contributed by atoms with Crippen LogP contribution in [0.4, 0.5) is 10.1 Å². The number of sulfonamides is 1. The van der Waals surface area contributed by atoms with Gasteiger partial charge < -0.3 is 5.73 Å². The molecule has 1 aromatic heterocycles. The molecule has 2 rings (SSSR count). The zero-order valence-electron chi connectivity index (χ0n) is 9.39. The van der Waals surface area contributed by atoms with E-state index in [1.807, 2.05) is 0 Å². The summed E-state index contributed by atoms with van der Waals surface area (Å²) in [6.07, 6.45) is 1.26. The van der Waals surface area contributed by atoms with Gasteiger partial charge >= 0.3 is 0 Å². The number of aromatic amines is 1. The molecule has 0 aliphatic rings. The molecule has 0 saturated heterocycles. The minimum Gasteiger partial charge on any atom is -0.396 e. The maximum atomic E-state index is 13.2. The van der Waals surface area contributed by atoms with Gasteiger partial charge in [-0.15, -0.1) is 0 Å². The summed E-state index contributed by atoms with van der Waals surface area (Å²) in [4.78, 5) is 3.63. The van der Waals surface area contributed by atoms with Crippen molar-refractivity contribution in [3.05, 3.63) is 34.6 Å². The van der Waals surface area contributed by atoms with Crippen molar-refractivity contribution in [3.63, 3.8) is 0 Å². The summed E-state index contributed by atoms with van der Waals surface area (Å²) >= 11 is 2.99. The molecule has 0 saturated carbocycles. The van der Waals surface area contributed by atoms with Crippen LogP contribution in [0.1, 0.15) is 5.82 Å². The van der Waals surface area contributed by atoms with Crippen LogP contribution < -0.4 is 10.5 Å². The van der Waals surface area contributed by atoms with Crippen molar-refractivity contribution in [1.82, 2.24) is 19.9 Å². The predicted octanol–water partition coefficient (Wildman–Crippen LogP) is 0.767. The number of aromatic nitrogens is 3. The molecule has 2 aromatic rings. The van der Waals surface area contributed by atoms with Crippen LogP contribution >= 0.6 is 15.9 Å². The normalized spacial score (nSPS) is 11.7. The highest BCUT2D eigenvalue weighted by Gasteiger charge is 2.19. The zero-order valence-corrected chi connectivity index (χ0v) is 11.8. The van der Waals surface area contributed by atoms with Gasteiger partial charge in [0.2, 0.25) is 10.0 Å². The van der Waals surface area contributed by atoms with Crippen LogP contribution in [0.15, 0.2) is 27.8 Å². The van der Waals surface area contributed by atoms with Crippen LogP contribution in [0, 0.1) is 5.82 Å². The van der Waals surface area contributed by atoms with Crippen molar-refractivity contribution < 1.29 is 12.8 Å². The molecule has 102 valence electrons. The van der Waals surface area contributed by atoms with Crippen molar-refractivity contribution in [2.75, 3.05) is 5.73 Å². The monoisotopic (exact) mass is 349 g/mol. The van der Waals surface area contributed by atoms with Gasteiger partial charge in [0.1, 0.15) is 18.0 Å². The number of benzene rings is 1. The zero-order chi connectivity index (χ0) is 14.0. The number of H-pyrrole nitrogens is 1. The highest BCUT2D eigenvalue weighted by atomic mass is 79.9. The lowest BCUT2D eigenvalue weighted by atomic mass is 10.3. The van der Waals surface area contributed by atoms with Gasteiger partial charge in [-0.3, -0.25) is 5.10 Å². The third-order valence-corrected chi connectivity index (χ3v) is 4.59. The van der Waals surface area contributed by atoms with E-state index in [9.17, 15) is 12.8 Å². The van der Waals surface area contributed by atoms with E-state index in [0.717, 1.165) is 12.1 Å². The van der Waals surface area contributed by atoms with E-state index >= 15 is 0 Å². The summed E-state index contributed by atoms with van der Waals surface area (Å²) < 4.78 is 39.6. The molecule has 0 fully saturated rings. The first kappa shape index (κ1) is 13.9. The predicted molar refractivity (Wildman–Crippen MR) is 68.9 cm³/mol. The highest BCUT2D eigenvalue weighted by Crippen LogP contribution is 2.26. The third kappa shape index (κ3) is 3.08. The van der Waals surface area contributed by atoms with E-state index < -0.39 is 15.8 Å². The van der Waals surface area contributed by atoms with Gasteiger partial charge in [0.05, 0.1) is 17.1 Å². The molecule has 1 aromatic carbocycles. The molecule has 7 nitrogen and oxygen atoms in total. The average molecular weight is 350 g/mol. The molecule has 0 aliphatic carbocycles. The molecule has 0 amide bonds. The third-order valence-electron chi connectivity index (χ3n) is 2.24. The number of nitrogens with one attached hydrogen (secondary N) is 2. The minimum absolute atomic E-state index is 0.0634. The van der Waals surface area contributed by atoms with Gasteiger partial charge in [0.15, 0.2) is 0 Å². The van der Waals surface area contributed by atoms with Crippen LogP contribution in [0.2, 0.25) is 0 Å². The second kappa shape index (κ2) is 5.23. The quantitative estimate of drug-likeness (QED) is 0.705.